The monoisotopic (exact) mass is 341 g/mol. The van der Waals surface area contributed by atoms with E-state index in [1.165, 1.54) is 0 Å². The summed E-state index contributed by atoms with van der Waals surface area (Å²) in [5.41, 5.74) is 0.678. The standard InChI is InChI=1S/C16H27N3O3S/c1-5-6-12(4)16(22)19-10-23-9-13(19)15(21)18-8-7-17-14(20)11(2)3/h6,11,13H,5,7-10H2,1-4H3,(H,17,20)(H,18,21)/b12-6-/t13-/m1/s1. The molecule has 130 valence electrons. The van der Waals surface area contributed by atoms with Crippen molar-refractivity contribution in [3.05, 3.63) is 11.6 Å². The van der Waals surface area contributed by atoms with E-state index in [1.54, 1.807) is 23.6 Å². The Kier molecular flexibility index (Phi) is 8.16. The molecule has 0 aromatic heterocycles. The van der Waals surface area contributed by atoms with Crippen LogP contribution in [0.5, 0.6) is 0 Å². The predicted molar refractivity (Wildman–Crippen MR) is 92.9 cm³/mol. The highest BCUT2D eigenvalue weighted by Crippen LogP contribution is 2.23. The van der Waals surface area contributed by atoms with Crippen molar-refractivity contribution < 1.29 is 14.4 Å². The first-order chi connectivity index (χ1) is 10.9. The minimum Gasteiger partial charge on any atom is -0.354 e. The lowest BCUT2D eigenvalue weighted by atomic mass is 10.2. The molecule has 1 heterocycles. The molecule has 0 aliphatic carbocycles. The summed E-state index contributed by atoms with van der Waals surface area (Å²) in [6.07, 6.45) is 2.67. The Hall–Kier alpha value is -1.50. The van der Waals surface area contributed by atoms with Gasteiger partial charge in [0, 0.05) is 30.3 Å². The van der Waals surface area contributed by atoms with E-state index in [4.69, 9.17) is 0 Å². The molecular weight excluding hydrogens is 314 g/mol. The molecule has 0 aromatic rings. The number of carbonyl (C=O) groups is 3. The molecule has 0 spiro atoms. The smallest absolute Gasteiger partial charge is 0.250 e. The maximum atomic E-state index is 12.4. The summed E-state index contributed by atoms with van der Waals surface area (Å²) in [6.45, 7) is 8.16. The van der Waals surface area contributed by atoms with E-state index >= 15 is 0 Å². The third-order valence-electron chi connectivity index (χ3n) is 3.54. The molecule has 0 radical (unpaired) electrons. The average molecular weight is 341 g/mol. The van der Waals surface area contributed by atoms with Gasteiger partial charge in [-0.2, -0.15) is 0 Å². The number of hydrogen-bond donors (Lipinski definition) is 2. The van der Waals surface area contributed by atoms with Gasteiger partial charge in [0.25, 0.3) is 5.91 Å². The summed E-state index contributed by atoms with van der Waals surface area (Å²) in [5, 5.41) is 5.54. The summed E-state index contributed by atoms with van der Waals surface area (Å²) in [6, 6.07) is -0.437. The second-order valence-electron chi connectivity index (χ2n) is 5.82. The summed E-state index contributed by atoms with van der Waals surface area (Å²) < 4.78 is 0. The molecule has 0 bridgehead atoms. The van der Waals surface area contributed by atoms with Gasteiger partial charge in [0.2, 0.25) is 11.8 Å². The second kappa shape index (κ2) is 9.60. The summed E-state index contributed by atoms with van der Waals surface area (Å²) in [5.74, 6) is 0.799. The van der Waals surface area contributed by atoms with E-state index in [-0.39, 0.29) is 23.6 Å². The Balaban J connectivity index is 2.47. The van der Waals surface area contributed by atoms with Gasteiger partial charge in [-0.15, -0.1) is 11.8 Å². The molecule has 1 aliphatic heterocycles. The molecule has 0 unspecified atom stereocenters. The summed E-state index contributed by atoms with van der Waals surface area (Å²) >= 11 is 1.58. The van der Waals surface area contributed by atoms with Gasteiger partial charge in [0.05, 0.1) is 5.88 Å². The third-order valence-corrected chi connectivity index (χ3v) is 4.55. The summed E-state index contributed by atoms with van der Waals surface area (Å²) in [4.78, 5) is 37.7. The van der Waals surface area contributed by atoms with E-state index in [0.717, 1.165) is 6.42 Å². The van der Waals surface area contributed by atoms with Crippen molar-refractivity contribution in [2.45, 2.75) is 40.2 Å². The Morgan fingerprint density at radius 3 is 2.52 bits per heavy atom. The van der Waals surface area contributed by atoms with Crippen molar-refractivity contribution in [2.75, 3.05) is 24.7 Å². The molecule has 0 saturated carbocycles. The van der Waals surface area contributed by atoms with Gasteiger partial charge < -0.3 is 15.5 Å². The number of carbonyl (C=O) groups excluding carboxylic acids is 3. The van der Waals surface area contributed by atoms with Crippen molar-refractivity contribution >= 4 is 29.5 Å². The van der Waals surface area contributed by atoms with E-state index < -0.39 is 6.04 Å². The zero-order chi connectivity index (χ0) is 17.4. The van der Waals surface area contributed by atoms with Crippen LogP contribution in [0.15, 0.2) is 11.6 Å². The topological polar surface area (TPSA) is 78.5 Å². The fraction of sp³-hybridized carbons (Fsp3) is 0.688. The number of hydrogen-bond acceptors (Lipinski definition) is 4. The van der Waals surface area contributed by atoms with Crippen LogP contribution in [0.1, 0.15) is 34.1 Å². The van der Waals surface area contributed by atoms with E-state index in [9.17, 15) is 14.4 Å². The lowest BCUT2D eigenvalue weighted by Gasteiger charge is -2.23. The normalized spacial score (nSPS) is 18.2. The third kappa shape index (κ3) is 5.89. The number of rotatable bonds is 7. The van der Waals surface area contributed by atoms with Crippen LogP contribution >= 0.6 is 11.8 Å². The largest absolute Gasteiger partial charge is 0.354 e. The van der Waals surface area contributed by atoms with Crippen LogP contribution in [0.3, 0.4) is 0 Å². The van der Waals surface area contributed by atoms with Crippen LogP contribution in [0, 0.1) is 5.92 Å². The van der Waals surface area contributed by atoms with Gasteiger partial charge in [-0.1, -0.05) is 26.8 Å². The van der Waals surface area contributed by atoms with E-state index in [1.807, 2.05) is 26.8 Å². The van der Waals surface area contributed by atoms with Crippen LogP contribution in [-0.4, -0.2) is 53.4 Å². The Labute approximate surface area is 142 Å². The molecule has 1 aliphatic rings. The lowest BCUT2D eigenvalue weighted by molar-refractivity contribution is -0.135. The molecule has 1 fully saturated rings. The zero-order valence-electron chi connectivity index (χ0n) is 14.3. The van der Waals surface area contributed by atoms with Crippen molar-refractivity contribution in [2.24, 2.45) is 5.92 Å². The fourth-order valence-corrected chi connectivity index (χ4v) is 3.33. The lowest BCUT2D eigenvalue weighted by Crippen LogP contribution is -2.49. The molecule has 3 amide bonds. The van der Waals surface area contributed by atoms with Crippen molar-refractivity contribution in [3.8, 4) is 0 Å². The molecule has 2 N–H and O–H groups in total. The average Bonchev–Trinajstić information content (AvgIpc) is 2.99. The minimum atomic E-state index is -0.437. The Morgan fingerprint density at radius 2 is 1.91 bits per heavy atom. The molecule has 1 rings (SSSR count). The SMILES string of the molecule is CC/C=C(/C)C(=O)N1CSC[C@@H]1C(=O)NCCNC(=O)C(C)C. The first-order valence-electron chi connectivity index (χ1n) is 7.99. The van der Waals surface area contributed by atoms with Gasteiger partial charge in [-0.25, -0.2) is 0 Å². The molecule has 1 saturated heterocycles. The van der Waals surface area contributed by atoms with Gasteiger partial charge >= 0.3 is 0 Å². The van der Waals surface area contributed by atoms with E-state index in [0.29, 0.717) is 30.3 Å². The van der Waals surface area contributed by atoms with Crippen LogP contribution in [-0.2, 0) is 14.4 Å². The molecule has 6 nitrogen and oxygen atoms in total. The summed E-state index contributed by atoms with van der Waals surface area (Å²) in [7, 11) is 0. The zero-order valence-corrected chi connectivity index (χ0v) is 15.2. The fourth-order valence-electron chi connectivity index (χ4n) is 2.17. The van der Waals surface area contributed by atoms with Crippen LogP contribution in [0.25, 0.3) is 0 Å². The molecule has 0 aromatic carbocycles. The highest BCUT2D eigenvalue weighted by molar-refractivity contribution is 7.99. The Bertz CT molecular complexity index is 477. The second-order valence-corrected chi connectivity index (χ2v) is 6.82. The number of allylic oxidation sites excluding steroid dienone is 1. The minimum absolute atomic E-state index is 0.0344. The highest BCUT2D eigenvalue weighted by Gasteiger charge is 2.34. The molecular formula is C16H27N3O3S. The van der Waals surface area contributed by atoms with Gasteiger partial charge in [-0.3, -0.25) is 14.4 Å². The van der Waals surface area contributed by atoms with Gasteiger partial charge in [-0.05, 0) is 13.3 Å². The van der Waals surface area contributed by atoms with Crippen LogP contribution < -0.4 is 10.6 Å². The van der Waals surface area contributed by atoms with Crippen LogP contribution in [0.4, 0.5) is 0 Å². The quantitative estimate of drug-likeness (QED) is 0.537. The van der Waals surface area contributed by atoms with Gasteiger partial charge in [0.1, 0.15) is 6.04 Å². The maximum Gasteiger partial charge on any atom is 0.250 e. The predicted octanol–water partition coefficient (Wildman–Crippen LogP) is 1.13. The van der Waals surface area contributed by atoms with Crippen molar-refractivity contribution in [3.63, 3.8) is 0 Å². The number of nitrogens with zero attached hydrogens (tertiary/aromatic N) is 1. The van der Waals surface area contributed by atoms with Crippen LogP contribution in [0.2, 0.25) is 0 Å². The van der Waals surface area contributed by atoms with E-state index in [2.05, 4.69) is 10.6 Å². The number of nitrogens with one attached hydrogen (secondary N) is 2. The first-order valence-corrected chi connectivity index (χ1v) is 9.14. The highest BCUT2D eigenvalue weighted by atomic mass is 32.2. The van der Waals surface area contributed by atoms with Crippen molar-refractivity contribution in [1.29, 1.82) is 0 Å². The maximum absolute atomic E-state index is 12.4. The number of amides is 3. The molecule has 7 heteroatoms. The first kappa shape index (κ1) is 19.5. The number of thioether (sulfide) groups is 1. The molecule has 23 heavy (non-hydrogen) atoms. The van der Waals surface area contributed by atoms with Gasteiger partial charge in [0.15, 0.2) is 0 Å². The molecule has 1 atom stereocenters. The van der Waals surface area contributed by atoms with Crippen molar-refractivity contribution in [1.82, 2.24) is 15.5 Å². The Morgan fingerprint density at radius 1 is 1.26 bits per heavy atom.